The summed E-state index contributed by atoms with van der Waals surface area (Å²) in [5.41, 5.74) is 0. The molecule has 0 amide bonds. The van der Waals surface area contributed by atoms with Crippen molar-refractivity contribution in [3.05, 3.63) is 12.2 Å². The number of ketones is 2. The Morgan fingerprint density at radius 3 is 1.50 bits per heavy atom. The first-order valence-corrected chi connectivity index (χ1v) is 5.65. The van der Waals surface area contributed by atoms with Crippen molar-refractivity contribution in [3.8, 4) is 0 Å². The molecule has 10 heteroatoms. The number of hydrogen-bond donors (Lipinski definition) is 4. The zero-order valence-electron chi connectivity index (χ0n) is 11.2. The van der Waals surface area contributed by atoms with Gasteiger partial charge < -0.3 is 20.4 Å². The van der Waals surface area contributed by atoms with Crippen molar-refractivity contribution >= 4 is 35.4 Å². The van der Waals surface area contributed by atoms with E-state index in [1.165, 1.54) is 0 Å². The first-order chi connectivity index (χ1) is 10.0. The normalized spacial score (nSPS) is 9.45. The van der Waals surface area contributed by atoms with Gasteiger partial charge in [-0.05, 0) is 6.08 Å². The van der Waals surface area contributed by atoms with Crippen LogP contribution in [0.1, 0.15) is 25.7 Å². The highest BCUT2D eigenvalue weighted by Gasteiger charge is 2.09. The smallest absolute Gasteiger partial charge is 0.328 e. The summed E-state index contributed by atoms with van der Waals surface area (Å²) >= 11 is 0. The van der Waals surface area contributed by atoms with Crippen LogP contribution in [-0.2, 0) is 28.8 Å². The third kappa shape index (κ3) is 19.3. The maximum absolute atomic E-state index is 10.5. The minimum atomic E-state index is -1.27. The Bertz CT molecular complexity index is 488. The molecule has 0 aromatic carbocycles. The highest BCUT2D eigenvalue weighted by molar-refractivity contribution is 6.03. The highest BCUT2D eigenvalue weighted by Crippen LogP contribution is 1.94. The molecule has 10 nitrogen and oxygen atoms in total. The SMILES string of the molecule is O=C(O)/C=C\C(=O)CC(=O)O.O=C(O)CCC(=O)CC(=O)O. The fraction of sp³-hybridized carbons (Fsp3) is 0.333. The lowest BCUT2D eigenvalue weighted by Gasteiger charge is -1.92. The minimum Gasteiger partial charge on any atom is -0.481 e. The van der Waals surface area contributed by atoms with Crippen molar-refractivity contribution in [2.45, 2.75) is 25.7 Å². The van der Waals surface area contributed by atoms with Crippen LogP contribution in [0.5, 0.6) is 0 Å². The summed E-state index contributed by atoms with van der Waals surface area (Å²) in [6.45, 7) is 0. The van der Waals surface area contributed by atoms with Gasteiger partial charge in [-0.25, -0.2) is 4.79 Å². The van der Waals surface area contributed by atoms with E-state index in [-0.39, 0.29) is 12.8 Å². The number of rotatable bonds is 9. The number of carboxylic acids is 4. The molecule has 0 unspecified atom stereocenters. The summed E-state index contributed by atoms with van der Waals surface area (Å²) in [7, 11) is 0. The Morgan fingerprint density at radius 2 is 1.14 bits per heavy atom. The summed E-state index contributed by atoms with van der Waals surface area (Å²) in [6, 6.07) is 0. The second-order valence-corrected chi connectivity index (χ2v) is 3.71. The maximum atomic E-state index is 10.5. The van der Waals surface area contributed by atoms with Crippen molar-refractivity contribution in [2.75, 3.05) is 0 Å². The predicted molar refractivity (Wildman–Crippen MR) is 68.2 cm³/mol. The second-order valence-electron chi connectivity index (χ2n) is 3.71. The summed E-state index contributed by atoms with van der Waals surface area (Å²) in [5.74, 6) is -6.15. The minimum absolute atomic E-state index is 0.207. The average molecular weight is 318 g/mol. The molecule has 22 heavy (non-hydrogen) atoms. The molecular formula is C12H14O10. The van der Waals surface area contributed by atoms with Crippen molar-refractivity contribution in [1.29, 1.82) is 0 Å². The summed E-state index contributed by atoms with van der Waals surface area (Å²) in [5, 5.41) is 32.2. The van der Waals surface area contributed by atoms with E-state index >= 15 is 0 Å². The lowest BCUT2D eigenvalue weighted by atomic mass is 10.2. The van der Waals surface area contributed by atoms with E-state index < -0.39 is 48.3 Å². The number of carboxylic acid groups (broad SMARTS) is 4. The number of hydrogen-bond acceptors (Lipinski definition) is 6. The van der Waals surface area contributed by atoms with Gasteiger partial charge in [-0.2, -0.15) is 0 Å². The predicted octanol–water partition coefficient (Wildman–Crippen LogP) is -0.434. The number of Topliss-reactive ketones (excluding diaryl/α,β-unsaturated/α-hetero) is 1. The molecule has 4 N–H and O–H groups in total. The van der Waals surface area contributed by atoms with Crippen LogP contribution in [0.4, 0.5) is 0 Å². The number of allylic oxidation sites excluding steroid dienone is 1. The largest absolute Gasteiger partial charge is 0.481 e. The van der Waals surface area contributed by atoms with Crippen molar-refractivity contribution in [2.24, 2.45) is 0 Å². The van der Waals surface area contributed by atoms with E-state index in [4.69, 9.17) is 20.4 Å². The van der Waals surface area contributed by atoms with E-state index in [1.807, 2.05) is 0 Å². The van der Waals surface area contributed by atoms with Gasteiger partial charge in [0.1, 0.15) is 18.6 Å². The topological polar surface area (TPSA) is 183 Å². The Balaban J connectivity index is 0. The monoisotopic (exact) mass is 318 g/mol. The molecule has 0 saturated heterocycles. The van der Waals surface area contributed by atoms with Crippen LogP contribution in [0.2, 0.25) is 0 Å². The van der Waals surface area contributed by atoms with Crippen LogP contribution in [0.25, 0.3) is 0 Å². The summed E-state index contributed by atoms with van der Waals surface area (Å²) < 4.78 is 0. The lowest BCUT2D eigenvalue weighted by molar-refractivity contribution is -0.143. The molecule has 0 rings (SSSR count). The standard InChI is InChI=1S/C6H8O5.C6H6O5/c2*7-4(3-6(10)11)1-2-5(8)9/h1-3H2,(H,8,9)(H,10,11);1-2H,3H2,(H,8,9)(H,10,11)/b;2-1-. The number of aliphatic carboxylic acids is 4. The van der Waals surface area contributed by atoms with Gasteiger partial charge in [0.05, 0.1) is 6.42 Å². The van der Waals surface area contributed by atoms with E-state index in [0.717, 1.165) is 6.08 Å². The van der Waals surface area contributed by atoms with Crippen LogP contribution in [-0.4, -0.2) is 55.9 Å². The Kier molecular flexibility index (Phi) is 11.4. The van der Waals surface area contributed by atoms with Gasteiger partial charge in [-0.1, -0.05) is 0 Å². The fourth-order valence-corrected chi connectivity index (χ4v) is 0.876. The molecular weight excluding hydrogens is 304 g/mol. The van der Waals surface area contributed by atoms with Gasteiger partial charge >= 0.3 is 23.9 Å². The van der Waals surface area contributed by atoms with Crippen LogP contribution >= 0.6 is 0 Å². The second kappa shape index (κ2) is 11.8. The van der Waals surface area contributed by atoms with Crippen LogP contribution in [0, 0.1) is 0 Å². The molecule has 0 radical (unpaired) electrons. The van der Waals surface area contributed by atoms with Crippen LogP contribution in [0.15, 0.2) is 12.2 Å². The molecule has 0 heterocycles. The molecule has 0 atom stereocenters. The van der Waals surface area contributed by atoms with Gasteiger partial charge in [-0.15, -0.1) is 0 Å². The van der Waals surface area contributed by atoms with Crippen molar-refractivity contribution in [1.82, 2.24) is 0 Å². The summed E-state index contributed by atoms with van der Waals surface area (Å²) in [6.07, 6.45) is -0.452. The Hall–Kier alpha value is -3.04. The summed E-state index contributed by atoms with van der Waals surface area (Å²) in [4.78, 5) is 60.4. The van der Waals surface area contributed by atoms with E-state index in [2.05, 4.69) is 0 Å². The van der Waals surface area contributed by atoms with Crippen LogP contribution in [0.3, 0.4) is 0 Å². The molecule has 0 aliphatic rings. The van der Waals surface area contributed by atoms with E-state index in [0.29, 0.717) is 6.08 Å². The van der Waals surface area contributed by atoms with Gasteiger partial charge in [0, 0.05) is 12.5 Å². The van der Waals surface area contributed by atoms with Crippen molar-refractivity contribution in [3.63, 3.8) is 0 Å². The Morgan fingerprint density at radius 1 is 0.636 bits per heavy atom. The molecule has 0 saturated carbocycles. The van der Waals surface area contributed by atoms with Crippen LogP contribution < -0.4 is 0 Å². The van der Waals surface area contributed by atoms with Crippen molar-refractivity contribution < 1.29 is 49.2 Å². The van der Waals surface area contributed by atoms with E-state index in [9.17, 15) is 28.8 Å². The molecule has 0 aromatic rings. The third-order valence-corrected chi connectivity index (χ3v) is 1.70. The molecule has 0 spiro atoms. The third-order valence-electron chi connectivity index (χ3n) is 1.70. The van der Waals surface area contributed by atoms with Gasteiger partial charge in [-0.3, -0.25) is 24.0 Å². The zero-order chi connectivity index (χ0) is 17.7. The average Bonchev–Trinajstić information content (AvgIpc) is 2.33. The molecule has 0 bridgehead atoms. The molecule has 0 aliphatic heterocycles. The first kappa shape index (κ1) is 21.3. The van der Waals surface area contributed by atoms with Gasteiger partial charge in [0.15, 0.2) is 5.78 Å². The molecule has 0 fully saturated rings. The maximum Gasteiger partial charge on any atom is 0.328 e. The number of carbonyl (C=O) groups is 6. The lowest BCUT2D eigenvalue weighted by Crippen LogP contribution is -2.08. The van der Waals surface area contributed by atoms with Gasteiger partial charge in [0.25, 0.3) is 0 Å². The zero-order valence-corrected chi connectivity index (χ0v) is 11.2. The molecule has 122 valence electrons. The quantitative estimate of drug-likeness (QED) is 0.321. The molecule has 0 aromatic heterocycles. The van der Waals surface area contributed by atoms with E-state index in [1.54, 1.807) is 0 Å². The Labute approximate surface area is 123 Å². The molecule has 0 aliphatic carbocycles. The first-order valence-electron chi connectivity index (χ1n) is 5.65. The fourth-order valence-electron chi connectivity index (χ4n) is 0.876. The highest BCUT2D eigenvalue weighted by atomic mass is 16.4. The number of carbonyl (C=O) groups excluding carboxylic acids is 2. The van der Waals surface area contributed by atoms with Gasteiger partial charge in [0.2, 0.25) is 0 Å².